The summed E-state index contributed by atoms with van der Waals surface area (Å²) >= 11 is 3.32. The van der Waals surface area contributed by atoms with Gasteiger partial charge in [-0.1, -0.05) is 24.8 Å². The summed E-state index contributed by atoms with van der Waals surface area (Å²) in [6, 6.07) is 0. The fraction of sp³-hybridized carbons (Fsp3) is 0.467. The Balaban J connectivity index is 2.21. The molecule has 3 nitrogen and oxygen atoms in total. The van der Waals surface area contributed by atoms with Crippen LogP contribution in [0.4, 0.5) is 0 Å². The zero-order chi connectivity index (χ0) is 14.1. The molecule has 2 aromatic rings. The summed E-state index contributed by atoms with van der Waals surface area (Å²) in [5, 5.41) is 0.844. The SMILES string of the molecule is C=CCn1c(SCCC)nc2c3c(sc2c1=O)CCC3. The number of thioether (sulfide) groups is 1. The largest absolute Gasteiger partial charge is 0.283 e. The molecule has 0 amide bonds. The molecule has 1 aliphatic rings. The van der Waals surface area contributed by atoms with E-state index in [2.05, 4.69) is 13.5 Å². The van der Waals surface area contributed by atoms with Crippen LogP contribution in [0.2, 0.25) is 0 Å². The maximum absolute atomic E-state index is 12.7. The van der Waals surface area contributed by atoms with Crippen LogP contribution in [0.5, 0.6) is 0 Å². The van der Waals surface area contributed by atoms with E-state index in [1.807, 2.05) is 0 Å². The van der Waals surface area contributed by atoms with Crippen molar-refractivity contribution in [1.29, 1.82) is 0 Å². The summed E-state index contributed by atoms with van der Waals surface area (Å²) < 4.78 is 2.60. The van der Waals surface area contributed by atoms with Crippen molar-refractivity contribution >= 4 is 33.3 Å². The van der Waals surface area contributed by atoms with Gasteiger partial charge in [-0.3, -0.25) is 9.36 Å². The third kappa shape index (κ3) is 2.23. The first-order valence-electron chi connectivity index (χ1n) is 7.05. The summed E-state index contributed by atoms with van der Waals surface area (Å²) in [5.41, 5.74) is 2.39. The lowest BCUT2D eigenvalue weighted by Gasteiger charge is -2.09. The van der Waals surface area contributed by atoms with E-state index in [0.717, 1.165) is 40.4 Å². The topological polar surface area (TPSA) is 34.9 Å². The molecule has 0 aliphatic heterocycles. The lowest BCUT2D eigenvalue weighted by Crippen LogP contribution is -2.22. The van der Waals surface area contributed by atoms with Gasteiger partial charge < -0.3 is 0 Å². The van der Waals surface area contributed by atoms with Crippen LogP contribution < -0.4 is 5.56 Å². The second-order valence-electron chi connectivity index (χ2n) is 4.98. The van der Waals surface area contributed by atoms with E-state index in [-0.39, 0.29) is 5.56 Å². The summed E-state index contributed by atoms with van der Waals surface area (Å²) in [4.78, 5) is 18.9. The molecule has 0 saturated heterocycles. The molecular formula is C15H18N2OS2. The molecule has 5 heteroatoms. The van der Waals surface area contributed by atoms with Gasteiger partial charge >= 0.3 is 0 Å². The van der Waals surface area contributed by atoms with Crippen molar-refractivity contribution in [2.45, 2.75) is 44.3 Å². The van der Waals surface area contributed by atoms with Crippen LogP contribution in [-0.2, 0) is 19.4 Å². The molecule has 2 aromatic heterocycles. The van der Waals surface area contributed by atoms with E-state index >= 15 is 0 Å². The highest BCUT2D eigenvalue weighted by atomic mass is 32.2. The predicted octanol–water partition coefficient (Wildman–Crippen LogP) is 3.63. The Morgan fingerprint density at radius 2 is 2.35 bits per heavy atom. The van der Waals surface area contributed by atoms with Gasteiger partial charge in [-0.15, -0.1) is 17.9 Å². The fourth-order valence-corrected chi connectivity index (χ4v) is 4.74. The van der Waals surface area contributed by atoms with Crippen LogP contribution in [0.1, 0.15) is 30.2 Å². The number of aromatic nitrogens is 2. The molecule has 106 valence electrons. The second-order valence-corrected chi connectivity index (χ2v) is 7.15. The van der Waals surface area contributed by atoms with Gasteiger partial charge in [-0.2, -0.15) is 0 Å². The Labute approximate surface area is 126 Å². The van der Waals surface area contributed by atoms with Crippen molar-refractivity contribution in [1.82, 2.24) is 9.55 Å². The monoisotopic (exact) mass is 306 g/mol. The number of nitrogens with zero attached hydrogens (tertiary/aromatic N) is 2. The number of hydrogen-bond donors (Lipinski definition) is 0. The van der Waals surface area contributed by atoms with Gasteiger partial charge in [0.15, 0.2) is 5.16 Å². The molecule has 0 unspecified atom stereocenters. The number of hydrogen-bond acceptors (Lipinski definition) is 4. The van der Waals surface area contributed by atoms with Gasteiger partial charge in [0.05, 0.1) is 5.52 Å². The third-order valence-corrected chi connectivity index (χ3v) is 5.97. The first-order chi connectivity index (χ1) is 9.76. The average Bonchev–Trinajstić information content (AvgIpc) is 3.02. The third-order valence-electron chi connectivity index (χ3n) is 3.52. The number of thiophene rings is 1. The highest BCUT2D eigenvalue weighted by Gasteiger charge is 2.22. The predicted molar refractivity (Wildman–Crippen MR) is 87.1 cm³/mol. The molecule has 0 N–H and O–H groups in total. The molecule has 0 radical (unpaired) electrons. The summed E-state index contributed by atoms with van der Waals surface area (Å²) in [6.07, 6.45) is 6.23. The standard InChI is InChI=1S/C15H18N2OS2/c1-3-8-17-14(18)13-12(16-15(17)19-9-4-2)10-6-5-7-11(10)20-13/h3H,1,4-9H2,2H3. The van der Waals surface area contributed by atoms with Crippen LogP contribution in [0.15, 0.2) is 22.6 Å². The molecule has 2 heterocycles. The van der Waals surface area contributed by atoms with Gasteiger partial charge in [0.25, 0.3) is 5.56 Å². The van der Waals surface area contributed by atoms with Gasteiger partial charge in [-0.25, -0.2) is 4.98 Å². The van der Waals surface area contributed by atoms with E-state index in [4.69, 9.17) is 4.98 Å². The Morgan fingerprint density at radius 3 is 3.10 bits per heavy atom. The van der Waals surface area contributed by atoms with Gasteiger partial charge in [0.1, 0.15) is 4.70 Å². The zero-order valence-corrected chi connectivity index (χ0v) is 13.3. The molecule has 1 aliphatic carbocycles. The van der Waals surface area contributed by atoms with Crippen molar-refractivity contribution < 1.29 is 0 Å². The second kappa shape index (κ2) is 5.74. The zero-order valence-electron chi connectivity index (χ0n) is 11.6. The normalized spacial score (nSPS) is 13.8. The lowest BCUT2D eigenvalue weighted by molar-refractivity contribution is 0.672. The molecule has 0 aromatic carbocycles. The summed E-state index contributed by atoms with van der Waals surface area (Å²) in [5.74, 6) is 0.988. The van der Waals surface area contributed by atoms with Crippen molar-refractivity contribution in [3.63, 3.8) is 0 Å². The molecule has 0 saturated carbocycles. The lowest BCUT2D eigenvalue weighted by atomic mass is 10.2. The minimum Gasteiger partial charge on any atom is -0.283 e. The number of fused-ring (bicyclic) bond motifs is 3. The number of aryl methyl sites for hydroxylation is 2. The summed E-state index contributed by atoms with van der Waals surface area (Å²) in [7, 11) is 0. The van der Waals surface area contributed by atoms with Crippen molar-refractivity contribution in [3.05, 3.63) is 33.4 Å². The first kappa shape index (κ1) is 13.9. The van der Waals surface area contributed by atoms with Crippen molar-refractivity contribution in [2.75, 3.05) is 5.75 Å². The Kier molecular flexibility index (Phi) is 3.98. The maximum Gasteiger partial charge on any atom is 0.272 e. The molecule has 0 fully saturated rings. The van der Waals surface area contributed by atoms with Crippen LogP contribution >= 0.6 is 23.1 Å². The minimum absolute atomic E-state index is 0.105. The minimum atomic E-state index is 0.105. The fourth-order valence-electron chi connectivity index (χ4n) is 2.61. The van der Waals surface area contributed by atoms with Gasteiger partial charge in [0, 0.05) is 17.2 Å². The quantitative estimate of drug-likeness (QED) is 0.480. The maximum atomic E-state index is 12.7. The van der Waals surface area contributed by atoms with E-state index < -0.39 is 0 Å². The number of allylic oxidation sites excluding steroid dienone is 1. The van der Waals surface area contributed by atoms with Gasteiger partial charge in [-0.05, 0) is 31.2 Å². The Morgan fingerprint density at radius 1 is 1.50 bits per heavy atom. The Bertz CT molecular complexity index is 715. The van der Waals surface area contributed by atoms with E-state index in [9.17, 15) is 4.79 Å². The summed E-state index contributed by atoms with van der Waals surface area (Å²) in [6.45, 7) is 6.44. The Hall–Kier alpha value is -1.07. The average molecular weight is 306 g/mol. The molecule has 0 spiro atoms. The van der Waals surface area contributed by atoms with Crippen molar-refractivity contribution in [3.8, 4) is 0 Å². The van der Waals surface area contributed by atoms with Crippen molar-refractivity contribution in [2.24, 2.45) is 0 Å². The first-order valence-corrected chi connectivity index (χ1v) is 8.85. The highest BCUT2D eigenvalue weighted by Crippen LogP contribution is 2.35. The van der Waals surface area contributed by atoms with Crippen LogP contribution in [0.3, 0.4) is 0 Å². The van der Waals surface area contributed by atoms with Gasteiger partial charge in [0.2, 0.25) is 0 Å². The van der Waals surface area contributed by atoms with Crippen LogP contribution in [-0.4, -0.2) is 15.3 Å². The van der Waals surface area contributed by atoms with Crippen LogP contribution in [0.25, 0.3) is 10.2 Å². The molecule has 0 bridgehead atoms. The molecule has 3 rings (SSSR count). The molecule has 20 heavy (non-hydrogen) atoms. The van der Waals surface area contributed by atoms with E-state index in [1.54, 1.807) is 33.7 Å². The number of rotatable bonds is 5. The van der Waals surface area contributed by atoms with E-state index in [1.165, 1.54) is 16.9 Å². The van der Waals surface area contributed by atoms with Crippen LogP contribution in [0, 0.1) is 0 Å². The van der Waals surface area contributed by atoms with E-state index in [0.29, 0.717) is 6.54 Å². The molecular weight excluding hydrogens is 288 g/mol. The smallest absolute Gasteiger partial charge is 0.272 e. The highest BCUT2D eigenvalue weighted by molar-refractivity contribution is 7.99. The molecule has 0 atom stereocenters.